The molecule has 3 heteroatoms. The number of allylic oxidation sites excluding steroid dienone is 4. The molecular formula is C28H44O3. The first-order valence-electron chi connectivity index (χ1n) is 12.4. The molecule has 2 rings (SSSR count). The van der Waals surface area contributed by atoms with Crippen LogP contribution in [0.4, 0.5) is 0 Å². The lowest BCUT2D eigenvalue weighted by Crippen LogP contribution is -2.19. The molecule has 1 aromatic rings. The van der Waals surface area contributed by atoms with Crippen molar-refractivity contribution < 1.29 is 14.6 Å². The zero-order chi connectivity index (χ0) is 22.5. The molecular weight excluding hydrogens is 384 g/mol. The third-order valence-electron chi connectivity index (χ3n) is 6.13. The Morgan fingerprint density at radius 2 is 1.84 bits per heavy atom. The minimum atomic E-state index is 0.263. The van der Waals surface area contributed by atoms with Crippen molar-refractivity contribution in [2.45, 2.75) is 111 Å². The molecule has 0 bridgehead atoms. The molecule has 31 heavy (non-hydrogen) atoms. The zero-order valence-corrected chi connectivity index (χ0v) is 20.3. The quantitative estimate of drug-likeness (QED) is 0.196. The van der Waals surface area contributed by atoms with Crippen LogP contribution in [0.2, 0.25) is 0 Å². The van der Waals surface area contributed by atoms with Gasteiger partial charge >= 0.3 is 0 Å². The summed E-state index contributed by atoms with van der Waals surface area (Å²) < 4.78 is 12.1. The predicted octanol–water partition coefficient (Wildman–Crippen LogP) is 8.05. The van der Waals surface area contributed by atoms with Crippen molar-refractivity contribution in [1.29, 1.82) is 0 Å². The number of benzene rings is 1. The van der Waals surface area contributed by atoms with Crippen LogP contribution in [0, 0.1) is 0 Å². The van der Waals surface area contributed by atoms with E-state index >= 15 is 0 Å². The topological polar surface area (TPSA) is 38.7 Å². The molecule has 0 aromatic heterocycles. The summed E-state index contributed by atoms with van der Waals surface area (Å²) in [5, 5.41) is 10.8. The summed E-state index contributed by atoms with van der Waals surface area (Å²) in [5.41, 5.74) is 4.71. The molecule has 0 radical (unpaired) electrons. The van der Waals surface area contributed by atoms with Gasteiger partial charge in [0.25, 0.3) is 0 Å². The van der Waals surface area contributed by atoms with Gasteiger partial charge in [-0.1, -0.05) is 62.3 Å². The average molecular weight is 429 g/mol. The van der Waals surface area contributed by atoms with E-state index in [1.807, 2.05) is 6.07 Å². The van der Waals surface area contributed by atoms with Crippen LogP contribution >= 0.6 is 0 Å². The van der Waals surface area contributed by atoms with Crippen LogP contribution in [0.15, 0.2) is 35.4 Å². The molecule has 3 nitrogen and oxygen atoms in total. The molecule has 1 aliphatic rings. The van der Waals surface area contributed by atoms with E-state index < -0.39 is 0 Å². The van der Waals surface area contributed by atoms with E-state index in [2.05, 4.69) is 45.9 Å². The SMILES string of the molecule is CCCCCc1cc(O)c(C/C=C(\C)CCC=C(C)C)c(OCOC2CCCCC2)c1. The highest BCUT2D eigenvalue weighted by Gasteiger charge is 2.15. The van der Waals surface area contributed by atoms with Crippen molar-refractivity contribution in [2.75, 3.05) is 6.79 Å². The number of aryl methyl sites for hydroxylation is 1. The Morgan fingerprint density at radius 3 is 2.55 bits per heavy atom. The van der Waals surface area contributed by atoms with Crippen LogP contribution in [0.5, 0.6) is 11.5 Å². The first kappa shape index (κ1) is 25.5. The summed E-state index contributed by atoms with van der Waals surface area (Å²) >= 11 is 0. The Hall–Kier alpha value is -1.74. The molecule has 0 spiro atoms. The van der Waals surface area contributed by atoms with E-state index in [1.165, 1.54) is 43.3 Å². The van der Waals surface area contributed by atoms with Crippen LogP contribution in [0.1, 0.15) is 103 Å². The summed E-state index contributed by atoms with van der Waals surface area (Å²) in [5.74, 6) is 1.12. The highest BCUT2D eigenvalue weighted by atomic mass is 16.7. The zero-order valence-electron chi connectivity index (χ0n) is 20.3. The molecule has 1 saturated carbocycles. The Morgan fingerprint density at radius 1 is 1.06 bits per heavy atom. The minimum Gasteiger partial charge on any atom is -0.508 e. The van der Waals surface area contributed by atoms with E-state index in [9.17, 15) is 5.11 Å². The number of ether oxygens (including phenoxy) is 2. The molecule has 174 valence electrons. The summed E-state index contributed by atoms with van der Waals surface area (Å²) in [6.07, 6.45) is 18.2. The molecule has 1 N–H and O–H groups in total. The van der Waals surface area contributed by atoms with E-state index in [0.717, 1.165) is 55.4 Å². The number of hydrogen-bond donors (Lipinski definition) is 1. The molecule has 1 aromatic carbocycles. The molecule has 0 atom stereocenters. The van der Waals surface area contributed by atoms with E-state index in [1.54, 1.807) is 0 Å². The van der Waals surface area contributed by atoms with Gasteiger partial charge in [0.1, 0.15) is 11.5 Å². The van der Waals surface area contributed by atoms with Gasteiger partial charge in [-0.3, -0.25) is 0 Å². The number of phenolic OH excluding ortho intramolecular Hbond substituents is 1. The van der Waals surface area contributed by atoms with Gasteiger partial charge in [-0.15, -0.1) is 0 Å². The molecule has 0 aliphatic heterocycles. The van der Waals surface area contributed by atoms with Crippen LogP contribution in [-0.2, 0) is 17.6 Å². The first-order chi connectivity index (χ1) is 15.0. The summed E-state index contributed by atoms with van der Waals surface area (Å²) in [4.78, 5) is 0. The van der Waals surface area contributed by atoms with Crippen LogP contribution in [0.3, 0.4) is 0 Å². The maximum Gasteiger partial charge on any atom is 0.189 e. The van der Waals surface area contributed by atoms with Gasteiger partial charge in [-0.05, 0) is 83.4 Å². The van der Waals surface area contributed by atoms with E-state index in [-0.39, 0.29) is 6.79 Å². The summed E-state index contributed by atoms with van der Waals surface area (Å²) in [7, 11) is 0. The van der Waals surface area contributed by atoms with Gasteiger partial charge in [0.15, 0.2) is 6.79 Å². The highest BCUT2D eigenvalue weighted by molar-refractivity contribution is 5.48. The number of unbranched alkanes of at least 4 members (excludes halogenated alkanes) is 2. The van der Waals surface area contributed by atoms with Crippen molar-refractivity contribution in [2.24, 2.45) is 0 Å². The van der Waals surface area contributed by atoms with Gasteiger partial charge in [0.05, 0.1) is 6.10 Å². The largest absolute Gasteiger partial charge is 0.508 e. The maximum absolute atomic E-state index is 10.8. The smallest absolute Gasteiger partial charge is 0.189 e. The Bertz CT molecular complexity index is 707. The van der Waals surface area contributed by atoms with E-state index in [4.69, 9.17) is 9.47 Å². The Kier molecular flexibility index (Phi) is 11.8. The Balaban J connectivity index is 2.06. The van der Waals surface area contributed by atoms with E-state index in [0.29, 0.717) is 18.3 Å². The second-order valence-electron chi connectivity index (χ2n) is 9.31. The number of hydrogen-bond acceptors (Lipinski definition) is 3. The standard InChI is InChI=1S/C28H44O3/c1-5-6-8-14-24-19-27(29)26(18-17-23(4)13-11-12-22(2)3)28(20-24)31-21-30-25-15-9-7-10-16-25/h12,17,19-20,25,29H,5-11,13-16,18,21H2,1-4H3/b23-17+. The predicted molar refractivity (Wildman–Crippen MR) is 131 cm³/mol. The second-order valence-corrected chi connectivity index (χ2v) is 9.31. The van der Waals surface area contributed by atoms with Gasteiger partial charge in [0, 0.05) is 5.56 Å². The van der Waals surface area contributed by atoms with Crippen molar-refractivity contribution in [3.63, 3.8) is 0 Å². The fourth-order valence-corrected chi connectivity index (χ4v) is 4.14. The van der Waals surface area contributed by atoms with Crippen molar-refractivity contribution in [1.82, 2.24) is 0 Å². The van der Waals surface area contributed by atoms with Crippen molar-refractivity contribution >= 4 is 0 Å². The van der Waals surface area contributed by atoms with Crippen LogP contribution in [0.25, 0.3) is 0 Å². The monoisotopic (exact) mass is 428 g/mol. The summed E-state index contributed by atoms with van der Waals surface area (Å²) in [6, 6.07) is 4.04. The van der Waals surface area contributed by atoms with Gasteiger partial charge in [-0.2, -0.15) is 0 Å². The third-order valence-corrected chi connectivity index (χ3v) is 6.13. The normalized spacial score (nSPS) is 15.2. The molecule has 0 unspecified atom stereocenters. The lowest BCUT2D eigenvalue weighted by atomic mass is 9.98. The fourth-order valence-electron chi connectivity index (χ4n) is 4.14. The minimum absolute atomic E-state index is 0.263. The van der Waals surface area contributed by atoms with Crippen LogP contribution < -0.4 is 4.74 Å². The van der Waals surface area contributed by atoms with Crippen LogP contribution in [-0.4, -0.2) is 18.0 Å². The van der Waals surface area contributed by atoms with Gasteiger partial charge < -0.3 is 14.6 Å². The lowest BCUT2D eigenvalue weighted by molar-refractivity contribution is -0.0500. The number of rotatable bonds is 13. The maximum atomic E-state index is 10.8. The molecule has 0 heterocycles. The number of aromatic hydroxyl groups is 1. The molecule has 1 fully saturated rings. The third kappa shape index (κ3) is 9.95. The molecule has 0 amide bonds. The highest BCUT2D eigenvalue weighted by Crippen LogP contribution is 2.32. The first-order valence-corrected chi connectivity index (χ1v) is 12.4. The van der Waals surface area contributed by atoms with Crippen molar-refractivity contribution in [3.05, 3.63) is 46.6 Å². The van der Waals surface area contributed by atoms with Crippen molar-refractivity contribution in [3.8, 4) is 11.5 Å². The summed E-state index contributed by atoms with van der Waals surface area (Å²) in [6.45, 7) is 8.92. The second kappa shape index (κ2) is 14.3. The van der Waals surface area contributed by atoms with Gasteiger partial charge in [-0.25, -0.2) is 0 Å². The number of phenols is 1. The molecule has 1 aliphatic carbocycles. The van der Waals surface area contributed by atoms with Gasteiger partial charge in [0.2, 0.25) is 0 Å². The Labute approximate surface area is 190 Å². The lowest BCUT2D eigenvalue weighted by Gasteiger charge is -2.22. The fraction of sp³-hybridized carbons (Fsp3) is 0.643. The molecule has 0 saturated heterocycles. The average Bonchev–Trinajstić information content (AvgIpc) is 2.74.